The second-order valence-electron chi connectivity index (χ2n) is 4.34. The Bertz CT molecular complexity index is 523. The van der Waals surface area contributed by atoms with Crippen LogP contribution >= 0.6 is 0 Å². The largest absolute Gasteiger partial charge is 0.497 e. The van der Waals surface area contributed by atoms with Gasteiger partial charge in [0, 0.05) is 12.6 Å². The number of aliphatic hydroxyl groups excluding tert-OH is 1. The van der Waals surface area contributed by atoms with Crippen molar-refractivity contribution in [3.8, 4) is 5.75 Å². The maximum Gasteiger partial charge on any atom is 0.241 e. The van der Waals surface area contributed by atoms with Crippen LogP contribution in [0.4, 0.5) is 0 Å². The normalized spacial score (nSPS) is 15.7. The average Bonchev–Trinajstić information content (AvgIpc) is 3.12. The topological polar surface area (TPSA) is 75.6 Å². The molecule has 6 heteroatoms. The van der Waals surface area contributed by atoms with Crippen molar-refractivity contribution in [2.45, 2.75) is 30.2 Å². The van der Waals surface area contributed by atoms with E-state index >= 15 is 0 Å². The van der Waals surface area contributed by atoms with Gasteiger partial charge in [0.1, 0.15) is 5.75 Å². The molecule has 5 nitrogen and oxygen atoms in total. The summed E-state index contributed by atoms with van der Waals surface area (Å²) >= 11 is 0. The number of hydrogen-bond donors (Lipinski definition) is 2. The molecule has 2 N–H and O–H groups in total. The first kappa shape index (κ1) is 13.3. The summed E-state index contributed by atoms with van der Waals surface area (Å²) in [5.74, 6) is 0.587. The minimum absolute atomic E-state index is 0.0686. The third-order valence-electron chi connectivity index (χ3n) is 2.84. The van der Waals surface area contributed by atoms with Crippen molar-refractivity contribution in [3.63, 3.8) is 0 Å². The lowest BCUT2D eigenvalue weighted by atomic mass is 10.1. The van der Waals surface area contributed by atoms with Crippen LogP contribution in [-0.4, -0.2) is 33.3 Å². The molecule has 18 heavy (non-hydrogen) atoms. The van der Waals surface area contributed by atoms with Gasteiger partial charge in [0.05, 0.1) is 12.0 Å². The minimum Gasteiger partial charge on any atom is -0.497 e. The molecule has 0 radical (unpaired) electrons. The zero-order valence-electron chi connectivity index (χ0n) is 10.2. The highest BCUT2D eigenvalue weighted by molar-refractivity contribution is 7.89. The van der Waals surface area contributed by atoms with Crippen LogP contribution in [0.1, 0.15) is 18.4 Å². The number of methoxy groups -OCH3 is 1. The van der Waals surface area contributed by atoms with Crippen LogP contribution in [0.15, 0.2) is 23.1 Å². The summed E-state index contributed by atoms with van der Waals surface area (Å²) in [6.07, 6.45) is 2.08. The number of rotatable bonds is 6. The standard InChI is InChI=1S/C12H17NO4S/c1-17-11-4-5-12(9(8-11)6-7-14)18(15,16)13-10-2-3-10/h4-5,8,10,13-14H,2-3,6-7H2,1H3. The zero-order chi connectivity index (χ0) is 13.2. The predicted octanol–water partition coefficient (Wildman–Crippen LogP) is 0.671. The molecule has 2 rings (SSSR count). The van der Waals surface area contributed by atoms with Crippen molar-refractivity contribution < 1.29 is 18.3 Å². The van der Waals surface area contributed by atoms with Gasteiger partial charge >= 0.3 is 0 Å². The molecule has 1 aliphatic carbocycles. The van der Waals surface area contributed by atoms with Gasteiger partial charge in [0.2, 0.25) is 10.0 Å². The van der Waals surface area contributed by atoms with Crippen LogP contribution in [0.2, 0.25) is 0 Å². The maximum atomic E-state index is 12.1. The molecule has 0 aromatic heterocycles. The third kappa shape index (κ3) is 3.01. The molecule has 0 aliphatic heterocycles. The third-order valence-corrected chi connectivity index (χ3v) is 4.46. The first-order chi connectivity index (χ1) is 8.56. The van der Waals surface area contributed by atoms with Gasteiger partial charge in [-0.1, -0.05) is 0 Å². The molecule has 0 bridgehead atoms. The predicted molar refractivity (Wildman–Crippen MR) is 67.1 cm³/mol. The SMILES string of the molecule is COc1ccc(S(=O)(=O)NC2CC2)c(CCO)c1. The number of aliphatic hydroxyl groups is 1. The van der Waals surface area contributed by atoms with Crippen molar-refractivity contribution in [1.82, 2.24) is 4.72 Å². The Morgan fingerprint density at radius 2 is 2.17 bits per heavy atom. The van der Waals surface area contributed by atoms with E-state index in [0.717, 1.165) is 12.8 Å². The van der Waals surface area contributed by atoms with Gasteiger partial charge in [0.25, 0.3) is 0 Å². The lowest BCUT2D eigenvalue weighted by Crippen LogP contribution is -2.26. The van der Waals surface area contributed by atoms with E-state index < -0.39 is 10.0 Å². The van der Waals surface area contributed by atoms with Crippen LogP contribution in [0.25, 0.3) is 0 Å². The summed E-state index contributed by atoms with van der Waals surface area (Å²) in [5, 5.41) is 9.01. The summed E-state index contributed by atoms with van der Waals surface area (Å²) in [7, 11) is -1.97. The molecule has 0 heterocycles. The van der Waals surface area contributed by atoms with E-state index in [-0.39, 0.29) is 24.0 Å². The highest BCUT2D eigenvalue weighted by atomic mass is 32.2. The van der Waals surface area contributed by atoms with E-state index in [2.05, 4.69) is 4.72 Å². The number of hydrogen-bond acceptors (Lipinski definition) is 4. The Morgan fingerprint density at radius 1 is 1.44 bits per heavy atom. The van der Waals surface area contributed by atoms with Gasteiger partial charge in [-0.05, 0) is 43.0 Å². The van der Waals surface area contributed by atoms with Crippen molar-refractivity contribution >= 4 is 10.0 Å². The second-order valence-corrected chi connectivity index (χ2v) is 6.03. The number of benzene rings is 1. The van der Waals surface area contributed by atoms with Crippen LogP contribution in [0.5, 0.6) is 5.75 Å². The van der Waals surface area contributed by atoms with E-state index in [4.69, 9.17) is 9.84 Å². The molecule has 0 saturated heterocycles. The highest BCUT2D eigenvalue weighted by Crippen LogP contribution is 2.26. The summed E-state index contributed by atoms with van der Waals surface area (Å²) in [4.78, 5) is 0.226. The lowest BCUT2D eigenvalue weighted by Gasteiger charge is -2.12. The maximum absolute atomic E-state index is 12.1. The van der Waals surface area contributed by atoms with Crippen molar-refractivity contribution in [2.24, 2.45) is 0 Å². The van der Waals surface area contributed by atoms with Crippen LogP contribution < -0.4 is 9.46 Å². The number of sulfonamides is 1. The molecular weight excluding hydrogens is 254 g/mol. The Morgan fingerprint density at radius 3 is 2.72 bits per heavy atom. The summed E-state index contributed by atoms with van der Waals surface area (Å²) in [6.45, 7) is -0.0981. The van der Waals surface area contributed by atoms with E-state index in [1.807, 2.05) is 0 Å². The summed E-state index contributed by atoms with van der Waals surface area (Å²) in [5.41, 5.74) is 0.574. The van der Waals surface area contributed by atoms with Crippen LogP contribution in [0.3, 0.4) is 0 Å². The quantitative estimate of drug-likeness (QED) is 0.797. The fourth-order valence-corrected chi connectivity index (χ4v) is 3.30. The molecule has 1 fully saturated rings. The molecule has 1 aliphatic rings. The van der Waals surface area contributed by atoms with E-state index in [1.54, 1.807) is 12.1 Å². The van der Waals surface area contributed by atoms with Gasteiger partial charge in [-0.25, -0.2) is 13.1 Å². The number of ether oxygens (including phenoxy) is 1. The van der Waals surface area contributed by atoms with Gasteiger partial charge in [-0.15, -0.1) is 0 Å². The van der Waals surface area contributed by atoms with Crippen LogP contribution in [0, 0.1) is 0 Å². The Labute approximate surface area is 107 Å². The molecule has 1 aromatic carbocycles. The molecule has 1 aromatic rings. The van der Waals surface area contributed by atoms with Gasteiger partial charge < -0.3 is 9.84 Å². The van der Waals surface area contributed by atoms with E-state index in [0.29, 0.717) is 11.3 Å². The smallest absolute Gasteiger partial charge is 0.241 e. The summed E-state index contributed by atoms with van der Waals surface area (Å²) in [6, 6.07) is 4.85. The van der Waals surface area contributed by atoms with Crippen LogP contribution in [-0.2, 0) is 16.4 Å². The average molecular weight is 271 g/mol. The van der Waals surface area contributed by atoms with Crippen molar-refractivity contribution in [2.75, 3.05) is 13.7 Å². The lowest BCUT2D eigenvalue weighted by molar-refractivity contribution is 0.298. The monoisotopic (exact) mass is 271 g/mol. The number of nitrogens with one attached hydrogen (secondary N) is 1. The molecule has 0 amide bonds. The Balaban J connectivity index is 2.35. The second kappa shape index (κ2) is 5.26. The fourth-order valence-electron chi connectivity index (χ4n) is 1.74. The van der Waals surface area contributed by atoms with Gasteiger partial charge in [-0.3, -0.25) is 0 Å². The Hall–Kier alpha value is -1.11. The van der Waals surface area contributed by atoms with Crippen molar-refractivity contribution in [3.05, 3.63) is 23.8 Å². The molecule has 1 saturated carbocycles. The fraction of sp³-hybridized carbons (Fsp3) is 0.500. The molecule has 0 atom stereocenters. The van der Waals surface area contributed by atoms with Gasteiger partial charge in [-0.2, -0.15) is 0 Å². The zero-order valence-corrected chi connectivity index (χ0v) is 11.0. The molecule has 0 spiro atoms. The highest BCUT2D eigenvalue weighted by Gasteiger charge is 2.29. The molecule has 100 valence electrons. The Kier molecular flexibility index (Phi) is 3.89. The van der Waals surface area contributed by atoms with E-state index in [1.165, 1.54) is 13.2 Å². The van der Waals surface area contributed by atoms with E-state index in [9.17, 15) is 8.42 Å². The minimum atomic E-state index is -3.49. The van der Waals surface area contributed by atoms with Crippen molar-refractivity contribution in [1.29, 1.82) is 0 Å². The molecular formula is C12H17NO4S. The van der Waals surface area contributed by atoms with Gasteiger partial charge in [0.15, 0.2) is 0 Å². The first-order valence-corrected chi connectivity index (χ1v) is 7.35. The molecule has 0 unspecified atom stereocenters. The summed E-state index contributed by atoms with van der Waals surface area (Å²) < 4.78 is 32.0. The first-order valence-electron chi connectivity index (χ1n) is 5.87.